The Morgan fingerprint density at radius 3 is 1.46 bits per heavy atom. The van der Waals surface area contributed by atoms with Crippen LogP contribution in [0.1, 0.15) is 40.5 Å². The molecule has 0 aliphatic heterocycles. The van der Waals surface area contributed by atoms with Crippen LogP contribution in [0, 0.1) is 0 Å². The molecule has 39 heavy (non-hydrogen) atoms. The number of benzene rings is 4. The summed E-state index contributed by atoms with van der Waals surface area (Å²) in [4.78, 5) is 0. The highest BCUT2D eigenvalue weighted by atomic mass is 31.2. The Kier molecular flexibility index (Phi) is 9.46. The highest BCUT2D eigenvalue weighted by molar-refractivity contribution is 7.79. The third-order valence-electron chi connectivity index (χ3n) is 7.68. The highest BCUT2D eigenvalue weighted by Gasteiger charge is 2.50. The average Bonchev–Trinajstić information content (AvgIpc) is 2.96. The molecule has 4 aromatic rings. The number of hydrogen-bond acceptors (Lipinski definition) is 3. The molecular weight excluding hydrogens is 515 g/mol. The topological polar surface area (TPSA) is 46.5 Å². The van der Waals surface area contributed by atoms with E-state index in [0.717, 1.165) is 10.6 Å². The van der Waals surface area contributed by atoms with E-state index in [1.807, 2.05) is 72.8 Å². The second-order valence-electron chi connectivity index (χ2n) is 11.3. The standard InChI is InChI=1S/C34H41O3PSi/c1-28(35)33(38(36,29-18-9-5-10-19-29)30-20-11-6-12-21-30)26-17-27-37-39(34(2,3)4,31-22-13-7-14-23-31)32-24-15-8-16-25-32/h5-16,18-25,28,33,35H,17,26-27H2,1-4H3/t28-,33+/m1/s1. The summed E-state index contributed by atoms with van der Waals surface area (Å²) in [5, 5.41) is 15.0. The lowest BCUT2D eigenvalue weighted by Crippen LogP contribution is -2.66. The molecule has 0 unspecified atom stereocenters. The lowest BCUT2D eigenvalue weighted by atomic mass is 10.2. The molecule has 0 saturated carbocycles. The maximum absolute atomic E-state index is 15.0. The summed E-state index contributed by atoms with van der Waals surface area (Å²) in [7, 11) is -5.77. The van der Waals surface area contributed by atoms with Crippen LogP contribution in [-0.4, -0.2) is 31.8 Å². The summed E-state index contributed by atoms with van der Waals surface area (Å²) in [6.45, 7) is 9.12. The highest BCUT2D eigenvalue weighted by Crippen LogP contribution is 2.51. The molecule has 1 N–H and O–H groups in total. The molecule has 0 heterocycles. The van der Waals surface area contributed by atoms with Crippen LogP contribution < -0.4 is 21.0 Å². The van der Waals surface area contributed by atoms with Crippen molar-refractivity contribution in [2.75, 3.05) is 6.61 Å². The molecule has 204 valence electrons. The third kappa shape index (κ3) is 6.05. The summed E-state index contributed by atoms with van der Waals surface area (Å²) in [6.07, 6.45) is 0.560. The molecule has 0 amide bonds. The summed E-state index contributed by atoms with van der Waals surface area (Å²) < 4.78 is 22.0. The molecule has 0 bridgehead atoms. The number of aliphatic hydroxyl groups is 1. The van der Waals surface area contributed by atoms with Gasteiger partial charge in [0.15, 0.2) is 0 Å². The van der Waals surface area contributed by atoms with Crippen molar-refractivity contribution in [1.29, 1.82) is 0 Å². The van der Waals surface area contributed by atoms with Gasteiger partial charge in [0.1, 0.15) is 7.14 Å². The minimum Gasteiger partial charge on any atom is -0.407 e. The van der Waals surface area contributed by atoms with Crippen LogP contribution in [0.15, 0.2) is 121 Å². The van der Waals surface area contributed by atoms with Crippen LogP contribution in [0.25, 0.3) is 0 Å². The Bertz CT molecular complexity index is 1250. The molecule has 0 aromatic heterocycles. The second-order valence-corrected chi connectivity index (χ2v) is 18.6. The van der Waals surface area contributed by atoms with Gasteiger partial charge in [-0.05, 0) is 35.2 Å². The van der Waals surface area contributed by atoms with Crippen molar-refractivity contribution in [2.45, 2.75) is 57.3 Å². The SMILES string of the molecule is C[C@@H](O)[C@H](CCCO[Si](c1ccccc1)(c1ccccc1)C(C)(C)C)P(=O)(c1ccccc1)c1ccccc1. The van der Waals surface area contributed by atoms with Crippen LogP contribution in [0.2, 0.25) is 5.04 Å². The summed E-state index contributed by atoms with van der Waals surface area (Å²) in [5.74, 6) is 0. The smallest absolute Gasteiger partial charge is 0.261 e. The van der Waals surface area contributed by atoms with Crippen molar-refractivity contribution in [3.8, 4) is 0 Å². The van der Waals surface area contributed by atoms with Crippen molar-refractivity contribution in [3.63, 3.8) is 0 Å². The average molecular weight is 557 g/mol. The van der Waals surface area contributed by atoms with Gasteiger partial charge in [-0.15, -0.1) is 0 Å². The van der Waals surface area contributed by atoms with E-state index in [9.17, 15) is 9.67 Å². The molecule has 0 fully saturated rings. The second kappa shape index (κ2) is 12.6. The minimum absolute atomic E-state index is 0.108. The van der Waals surface area contributed by atoms with Gasteiger partial charge in [-0.2, -0.15) is 0 Å². The van der Waals surface area contributed by atoms with E-state index in [1.54, 1.807) is 6.92 Å². The van der Waals surface area contributed by atoms with Crippen LogP contribution in [0.5, 0.6) is 0 Å². The Balaban J connectivity index is 1.65. The molecule has 3 nitrogen and oxygen atoms in total. The largest absolute Gasteiger partial charge is 0.407 e. The maximum atomic E-state index is 15.0. The van der Waals surface area contributed by atoms with Crippen LogP contribution >= 0.6 is 7.14 Å². The van der Waals surface area contributed by atoms with Crippen molar-refractivity contribution in [2.24, 2.45) is 0 Å². The Labute approximate surface area is 235 Å². The Hall–Kier alpha value is -2.75. The van der Waals surface area contributed by atoms with Gasteiger partial charge in [0.2, 0.25) is 0 Å². The summed E-state index contributed by atoms with van der Waals surface area (Å²) in [5.41, 5.74) is -0.412. The van der Waals surface area contributed by atoms with E-state index in [0.29, 0.717) is 19.4 Å². The van der Waals surface area contributed by atoms with Gasteiger partial charge in [0.25, 0.3) is 8.32 Å². The van der Waals surface area contributed by atoms with E-state index in [1.165, 1.54) is 10.4 Å². The zero-order chi connectivity index (χ0) is 27.9. The molecule has 0 spiro atoms. The van der Waals surface area contributed by atoms with Crippen molar-refractivity contribution in [1.82, 2.24) is 0 Å². The predicted molar refractivity (Wildman–Crippen MR) is 168 cm³/mol. The van der Waals surface area contributed by atoms with Gasteiger partial charge < -0.3 is 14.1 Å². The van der Waals surface area contributed by atoms with Gasteiger partial charge in [0.05, 0.1) is 6.10 Å². The first-order valence-electron chi connectivity index (χ1n) is 13.9. The number of rotatable bonds is 11. The van der Waals surface area contributed by atoms with Crippen LogP contribution in [-0.2, 0) is 8.99 Å². The maximum Gasteiger partial charge on any atom is 0.261 e. The fourth-order valence-electron chi connectivity index (χ4n) is 5.84. The van der Waals surface area contributed by atoms with Crippen molar-refractivity contribution < 1.29 is 14.1 Å². The first-order valence-corrected chi connectivity index (χ1v) is 17.5. The molecule has 0 aliphatic rings. The van der Waals surface area contributed by atoms with Gasteiger partial charge in [-0.1, -0.05) is 142 Å². The van der Waals surface area contributed by atoms with Crippen LogP contribution in [0.3, 0.4) is 0 Å². The van der Waals surface area contributed by atoms with Crippen molar-refractivity contribution >= 4 is 36.4 Å². The fourth-order valence-corrected chi connectivity index (χ4v) is 13.9. The number of aliphatic hydroxyl groups excluding tert-OH is 1. The van der Waals surface area contributed by atoms with Gasteiger partial charge >= 0.3 is 0 Å². The lowest BCUT2D eigenvalue weighted by Gasteiger charge is -2.43. The monoisotopic (exact) mass is 556 g/mol. The van der Waals surface area contributed by atoms with Gasteiger partial charge in [0, 0.05) is 22.9 Å². The van der Waals surface area contributed by atoms with E-state index in [2.05, 4.69) is 69.3 Å². The van der Waals surface area contributed by atoms with Gasteiger partial charge in [-0.25, -0.2) is 0 Å². The molecule has 0 radical (unpaired) electrons. The molecule has 4 aromatic carbocycles. The molecule has 0 saturated heterocycles. The summed E-state index contributed by atoms with van der Waals surface area (Å²) >= 11 is 0. The first kappa shape index (κ1) is 29.2. The molecule has 4 rings (SSSR count). The molecule has 0 aliphatic carbocycles. The quantitative estimate of drug-likeness (QED) is 0.138. The van der Waals surface area contributed by atoms with Crippen LogP contribution in [0.4, 0.5) is 0 Å². The van der Waals surface area contributed by atoms with E-state index in [4.69, 9.17) is 4.43 Å². The normalized spacial score (nSPS) is 14.1. The van der Waals surface area contributed by atoms with E-state index in [-0.39, 0.29) is 5.04 Å². The molecule has 2 atom stereocenters. The molecule has 5 heteroatoms. The number of hydrogen-bond donors (Lipinski definition) is 1. The van der Waals surface area contributed by atoms with Gasteiger partial charge in [-0.3, -0.25) is 0 Å². The minimum atomic E-state index is -3.11. The zero-order valence-electron chi connectivity index (χ0n) is 23.5. The third-order valence-corrected chi connectivity index (χ3v) is 16.5. The Morgan fingerprint density at radius 2 is 1.10 bits per heavy atom. The Morgan fingerprint density at radius 1 is 0.718 bits per heavy atom. The summed E-state index contributed by atoms with van der Waals surface area (Å²) in [6, 6.07) is 40.6. The lowest BCUT2D eigenvalue weighted by molar-refractivity contribution is 0.179. The van der Waals surface area contributed by atoms with E-state index >= 15 is 0 Å². The zero-order valence-corrected chi connectivity index (χ0v) is 25.4. The predicted octanol–water partition coefficient (Wildman–Crippen LogP) is 6.11. The van der Waals surface area contributed by atoms with Crippen molar-refractivity contribution in [3.05, 3.63) is 121 Å². The fraction of sp³-hybridized carbons (Fsp3) is 0.294. The van der Waals surface area contributed by atoms with E-state index < -0.39 is 27.2 Å². The molecular formula is C34H41O3PSi. The first-order chi connectivity index (χ1) is 18.7.